The van der Waals surface area contributed by atoms with Gasteiger partial charge in [-0.1, -0.05) is 48.9 Å². The van der Waals surface area contributed by atoms with E-state index in [9.17, 15) is 0 Å². The fraction of sp³-hybridized carbons (Fsp3) is 0.160. The van der Waals surface area contributed by atoms with Gasteiger partial charge in [-0.15, -0.1) is 29.8 Å². The van der Waals surface area contributed by atoms with Gasteiger partial charge in [-0.2, -0.15) is 0 Å². The standard InChI is InChI=1S/C25H23N2.Ir/c1-19-9-13-22(14-10-19)27(23-15-11-20(2)12-16-23)24-7-5-6-21(18-24)25-8-3-4-17-26-25;/h3-5,7-11,13-18,20H,12H2,1-2H3;/q-1;. The molecule has 0 amide bonds. The van der Waals surface area contributed by atoms with E-state index in [4.69, 9.17) is 0 Å². The predicted octanol–water partition coefficient (Wildman–Crippen LogP) is 6.47. The van der Waals surface area contributed by atoms with E-state index in [-0.39, 0.29) is 20.1 Å². The van der Waals surface area contributed by atoms with Crippen molar-refractivity contribution in [1.82, 2.24) is 4.98 Å². The molecule has 1 unspecified atom stereocenters. The third-order valence-corrected chi connectivity index (χ3v) is 4.83. The minimum Gasteiger partial charge on any atom is -0.328 e. The molecule has 3 aromatic rings. The summed E-state index contributed by atoms with van der Waals surface area (Å²) in [5.74, 6) is 0.585. The maximum Gasteiger partial charge on any atom is 0.0443 e. The normalized spacial score (nSPS) is 15.5. The Morgan fingerprint density at radius 2 is 1.86 bits per heavy atom. The summed E-state index contributed by atoms with van der Waals surface area (Å²) >= 11 is 0. The number of hydrogen-bond donors (Lipinski definition) is 0. The van der Waals surface area contributed by atoms with Gasteiger partial charge >= 0.3 is 0 Å². The Bertz CT molecular complexity index is 975. The van der Waals surface area contributed by atoms with Crippen molar-refractivity contribution in [2.45, 2.75) is 20.3 Å². The third kappa shape index (κ3) is 4.49. The van der Waals surface area contributed by atoms with Gasteiger partial charge in [0.15, 0.2) is 0 Å². The second-order valence-electron chi connectivity index (χ2n) is 7.05. The number of rotatable bonds is 4. The molecule has 0 bridgehead atoms. The minimum atomic E-state index is 0. The number of pyridine rings is 1. The SMILES string of the molecule is Cc1ccc(N(C2=CCC(C)C=C2)c2cc[c-]c(-c3ccccn3)c2)cc1.[Ir]. The van der Waals surface area contributed by atoms with Crippen LogP contribution in [0.5, 0.6) is 0 Å². The van der Waals surface area contributed by atoms with Crippen LogP contribution in [0, 0.1) is 18.9 Å². The van der Waals surface area contributed by atoms with E-state index in [1.165, 1.54) is 11.3 Å². The van der Waals surface area contributed by atoms with Crippen molar-refractivity contribution in [3.63, 3.8) is 0 Å². The predicted molar refractivity (Wildman–Crippen MR) is 113 cm³/mol. The van der Waals surface area contributed by atoms with Gasteiger partial charge in [0, 0.05) is 37.7 Å². The van der Waals surface area contributed by atoms with Gasteiger partial charge in [-0.05, 0) is 54.9 Å². The van der Waals surface area contributed by atoms with E-state index in [1.807, 2.05) is 30.5 Å². The first kappa shape index (κ1) is 20.3. The number of nitrogens with zero attached hydrogens (tertiary/aromatic N) is 2. The molecule has 0 saturated heterocycles. The Morgan fingerprint density at radius 1 is 1.04 bits per heavy atom. The summed E-state index contributed by atoms with van der Waals surface area (Å²) in [6.07, 6.45) is 9.71. The van der Waals surface area contributed by atoms with Crippen molar-refractivity contribution in [2.75, 3.05) is 4.90 Å². The number of aromatic nitrogens is 1. The van der Waals surface area contributed by atoms with Crippen molar-refractivity contribution >= 4 is 11.4 Å². The quantitative estimate of drug-likeness (QED) is 0.351. The van der Waals surface area contributed by atoms with Crippen molar-refractivity contribution < 1.29 is 20.1 Å². The Hall–Kier alpha value is -2.48. The Kier molecular flexibility index (Phi) is 6.61. The maximum absolute atomic E-state index is 4.48. The average Bonchev–Trinajstić information content (AvgIpc) is 2.72. The number of hydrogen-bond acceptors (Lipinski definition) is 2. The van der Waals surface area contributed by atoms with Gasteiger partial charge in [-0.3, -0.25) is 0 Å². The molecular weight excluding hydrogens is 521 g/mol. The zero-order chi connectivity index (χ0) is 18.6. The van der Waals surface area contributed by atoms with E-state index < -0.39 is 0 Å². The van der Waals surface area contributed by atoms with Crippen LogP contribution in [0.15, 0.2) is 90.8 Å². The summed E-state index contributed by atoms with van der Waals surface area (Å²) in [6.45, 7) is 4.36. The molecule has 0 fully saturated rings. The summed E-state index contributed by atoms with van der Waals surface area (Å²) in [4.78, 5) is 6.79. The smallest absolute Gasteiger partial charge is 0.0443 e. The van der Waals surface area contributed by atoms with Gasteiger partial charge < -0.3 is 9.88 Å². The molecule has 2 aromatic carbocycles. The first-order valence-corrected chi connectivity index (χ1v) is 9.39. The largest absolute Gasteiger partial charge is 0.328 e. The van der Waals surface area contributed by atoms with E-state index >= 15 is 0 Å². The molecule has 0 aliphatic heterocycles. The molecule has 4 rings (SSSR count). The summed E-state index contributed by atoms with van der Waals surface area (Å²) < 4.78 is 0. The molecule has 0 N–H and O–H groups in total. The average molecular weight is 544 g/mol. The molecule has 1 atom stereocenters. The van der Waals surface area contributed by atoms with Crippen molar-refractivity contribution in [1.29, 1.82) is 0 Å². The van der Waals surface area contributed by atoms with Gasteiger partial charge in [0.25, 0.3) is 0 Å². The van der Waals surface area contributed by atoms with Gasteiger partial charge in [0.2, 0.25) is 0 Å². The molecule has 0 spiro atoms. The number of allylic oxidation sites excluding steroid dienone is 3. The van der Waals surface area contributed by atoms with Crippen LogP contribution in [0.3, 0.4) is 0 Å². The van der Waals surface area contributed by atoms with E-state index in [0.29, 0.717) is 5.92 Å². The second-order valence-corrected chi connectivity index (χ2v) is 7.05. The molecule has 28 heavy (non-hydrogen) atoms. The molecule has 0 saturated carbocycles. The summed E-state index contributed by atoms with van der Waals surface area (Å²) in [6, 6.07) is 24.2. The molecule has 1 aliphatic rings. The Morgan fingerprint density at radius 3 is 2.54 bits per heavy atom. The summed E-state index contributed by atoms with van der Waals surface area (Å²) in [5.41, 5.74) is 6.67. The Balaban J connectivity index is 0.00000225. The fourth-order valence-corrected chi connectivity index (χ4v) is 3.29. The second kappa shape index (κ2) is 9.14. The molecule has 2 nitrogen and oxygen atoms in total. The van der Waals surface area contributed by atoms with Crippen molar-refractivity contribution in [2.24, 2.45) is 5.92 Å². The topological polar surface area (TPSA) is 16.1 Å². The van der Waals surface area contributed by atoms with E-state index in [0.717, 1.165) is 29.1 Å². The first-order chi connectivity index (χ1) is 13.2. The fourth-order valence-electron chi connectivity index (χ4n) is 3.29. The van der Waals surface area contributed by atoms with Crippen molar-refractivity contribution in [3.8, 4) is 11.3 Å². The van der Waals surface area contributed by atoms with Crippen molar-refractivity contribution in [3.05, 3.63) is 102 Å². The molecule has 1 radical (unpaired) electrons. The van der Waals surface area contributed by atoms with Gasteiger partial charge in [-0.25, -0.2) is 0 Å². The Labute approximate surface area is 181 Å². The van der Waals surface area contributed by atoms with E-state index in [2.05, 4.69) is 84.4 Å². The van der Waals surface area contributed by atoms with E-state index in [1.54, 1.807) is 0 Å². The summed E-state index contributed by atoms with van der Waals surface area (Å²) in [5, 5.41) is 0. The van der Waals surface area contributed by atoms with Crippen LogP contribution < -0.4 is 4.90 Å². The molecule has 3 heteroatoms. The molecule has 1 aromatic heterocycles. The monoisotopic (exact) mass is 544 g/mol. The van der Waals surface area contributed by atoms with Crippen LogP contribution in [0.4, 0.5) is 11.4 Å². The number of aryl methyl sites for hydroxylation is 1. The van der Waals surface area contributed by atoms with Gasteiger partial charge in [0.05, 0.1) is 0 Å². The zero-order valence-electron chi connectivity index (χ0n) is 16.1. The van der Waals surface area contributed by atoms with Gasteiger partial charge in [0.1, 0.15) is 0 Å². The van der Waals surface area contributed by atoms with Crippen LogP contribution >= 0.6 is 0 Å². The van der Waals surface area contributed by atoms with Crippen LogP contribution in [-0.2, 0) is 20.1 Å². The summed E-state index contributed by atoms with van der Waals surface area (Å²) in [7, 11) is 0. The number of benzene rings is 2. The first-order valence-electron chi connectivity index (χ1n) is 9.39. The maximum atomic E-state index is 4.48. The van der Waals surface area contributed by atoms with Crippen LogP contribution in [0.1, 0.15) is 18.9 Å². The number of anilines is 2. The van der Waals surface area contributed by atoms with Crippen LogP contribution in [0.2, 0.25) is 0 Å². The zero-order valence-corrected chi connectivity index (χ0v) is 18.5. The third-order valence-electron chi connectivity index (χ3n) is 4.83. The molecule has 143 valence electrons. The minimum absolute atomic E-state index is 0. The van der Waals surface area contributed by atoms with Crippen LogP contribution in [0.25, 0.3) is 11.3 Å². The van der Waals surface area contributed by atoms with Crippen LogP contribution in [-0.4, -0.2) is 4.98 Å². The molecule has 1 heterocycles. The molecule has 1 aliphatic carbocycles. The molecular formula is C25H23IrN2-.